The van der Waals surface area contributed by atoms with Gasteiger partial charge in [-0.3, -0.25) is 4.90 Å². The lowest BCUT2D eigenvalue weighted by Crippen LogP contribution is -2.27. The van der Waals surface area contributed by atoms with Crippen molar-refractivity contribution in [2.24, 2.45) is 5.92 Å². The first kappa shape index (κ1) is 14.4. The van der Waals surface area contributed by atoms with Crippen molar-refractivity contribution in [2.45, 2.75) is 26.3 Å². The highest BCUT2D eigenvalue weighted by Crippen LogP contribution is 2.28. The maximum atomic E-state index is 5.49. The van der Waals surface area contributed by atoms with Gasteiger partial charge in [0.1, 0.15) is 5.75 Å². The Labute approximate surface area is 116 Å². The van der Waals surface area contributed by atoms with Gasteiger partial charge in [0.25, 0.3) is 0 Å². The van der Waals surface area contributed by atoms with E-state index in [9.17, 15) is 0 Å². The van der Waals surface area contributed by atoms with Crippen LogP contribution < -0.4 is 10.1 Å². The Morgan fingerprint density at radius 1 is 1.37 bits per heavy atom. The van der Waals surface area contributed by atoms with Crippen LogP contribution in [0.1, 0.15) is 31.9 Å². The van der Waals surface area contributed by atoms with E-state index in [1.807, 2.05) is 14.0 Å². The quantitative estimate of drug-likeness (QED) is 0.853. The number of likely N-dealkylation sites (tertiary alicyclic amines) is 1. The van der Waals surface area contributed by atoms with Gasteiger partial charge in [0.2, 0.25) is 0 Å². The summed E-state index contributed by atoms with van der Waals surface area (Å²) >= 11 is 0. The fraction of sp³-hybridized carbons (Fsp3) is 0.625. The lowest BCUT2D eigenvalue weighted by atomic mass is 10.1. The molecule has 19 heavy (non-hydrogen) atoms. The van der Waals surface area contributed by atoms with Gasteiger partial charge < -0.3 is 10.1 Å². The van der Waals surface area contributed by atoms with Crippen LogP contribution in [0.3, 0.4) is 0 Å². The zero-order valence-corrected chi connectivity index (χ0v) is 12.4. The molecule has 1 aliphatic rings. The van der Waals surface area contributed by atoms with Gasteiger partial charge in [0, 0.05) is 12.6 Å². The van der Waals surface area contributed by atoms with E-state index in [1.54, 1.807) is 0 Å². The van der Waals surface area contributed by atoms with E-state index in [0.29, 0.717) is 6.04 Å². The third kappa shape index (κ3) is 3.71. The van der Waals surface area contributed by atoms with Crippen molar-refractivity contribution < 1.29 is 4.74 Å². The monoisotopic (exact) mass is 262 g/mol. The minimum Gasteiger partial charge on any atom is -0.494 e. The summed E-state index contributed by atoms with van der Waals surface area (Å²) in [6, 6.07) is 9.05. The molecule has 0 radical (unpaired) electrons. The molecular weight excluding hydrogens is 236 g/mol. The molecule has 0 bridgehead atoms. The Bertz CT molecular complexity index is 377. The van der Waals surface area contributed by atoms with Gasteiger partial charge >= 0.3 is 0 Å². The molecule has 2 atom stereocenters. The van der Waals surface area contributed by atoms with Gasteiger partial charge in [0.15, 0.2) is 0 Å². The molecule has 1 saturated heterocycles. The second-order valence-corrected chi connectivity index (χ2v) is 5.39. The number of rotatable bonds is 6. The number of benzene rings is 1. The summed E-state index contributed by atoms with van der Waals surface area (Å²) in [6.45, 7) is 8.59. The van der Waals surface area contributed by atoms with Crippen LogP contribution in [-0.4, -0.2) is 38.2 Å². The van der Waals surface area contributed by atoms with E-state index >= 15 is 0 Å². The Kier molecular flexibility index (Phi) is 5.23. The van der Waals surface area contributed by atoms with E-state index in [1.165, 1.54) is 25.1 Å². The van der Waals surface area contributed by atoms with E-state index in [4.69, 9.17) is 4.74 Å². The average Bonchev–Trinajstić information content (AvgIpc) is 2.88. The van der Waals surface area contributed by atoms with Crippen LogP contribution in [0.25, 0.3) is 0 Å². The molecule has 1 N–H and O–H groups in total. The van der Waals surface area contributed by atoms with Crippen LogP contribution in [0.4, 0.5) is 0 Å². The normalized spacial score (nSPS) is 21.5. The topological polar surface area (TPSA) is 24.5 Å². The average molecular weight is 262 g/mol. The van der Waals surface area contributed by atoms with Crippen LogP contribution in [0.5, 0.6) is 5.75 Å². The molecule has 2 rings (SSSR count). The summed E-state index contributed by atoms with van der Waals surface area (Å²) in [7, 11) is 2.04. The summed E-state index contributed by atoms with van der Waals surface area (Å²) in [6.07, 6.45) is 1.31. The lowest BCUT2D eigenvalue weighted by molar-refractivity contribution is 0.252. The second-order valence-electron chi connectivity index (χ2n) is 5.39. The minimum absolute atomic E-state index is 0.498. The van der Waals surface area contributed by atoms with Gasteiger partial charge in [-0.2, -0.15) is 0 Å². The molecule has 1 aromatic carbocycles. The number of nitrogens with one attached hydrogen (secondary N) is 1. The zero-order chi connectivity index (χ0) is 13.7. The summed E-state index contributed by atoms with van der Waals surface area (Å²) in [5, 5.41) is 3.29. The lowest BCUT2D eigenvalue weighted by Gasteiger charge is -2.25. The van der Waals surface area contributed by atoms with Crippen molar-refractivity contribution in [3.8, 4) is 5.75 Å². The summed E-state index contributed by atoms with van der Waals surface area (Å²) in [4.78, 5) is 2.58. The zero-order valence-electron chi connectivity index (χ0n) is 12.4. The SMILES string of the molecule is CCOc1ccc(C(C)N2CCC(CNC)C2)cc1. The van der Waals surface area contributed by atoms with Gasteiger partial charge in [-0.05, 0) is 64.0 Å². The third-order valence-electron chi connectivity index (χ3n) is 4.03. The molecule has 1 heterocycles. The molecular formula is C16H26N2O. The molecule has 0 aliphatic carbocycles. The number of nitrogens with zero attached hydrogens (tertiary/aromatic N) is 1. The number of ether oxygens (including phenoxy) is 1. The summed E-state index contributed by atoms with van der Waals surface area (Å²) in [5.74, 6) is 1.77. The number of hydrogen-bond donors (Lipinski definition) is 1. The molecule has 0 saturated carbocycles. The largest absolute Gasteiger partial charge is 0.494 e. The molecule has 1 aromatic rings. The van der Waals surface area contributed by atoms with Crippen LogP contribution >= 0.6 is 0 Å². The first-order chi connectivity index (χ1) is 9.24. The van der Waals surface area contributed by atoms with Gasteiger partial charge in [-0.25, -0.2) is 0 Å². The fourth-order valence-electron chi connectivity index (χ4n) is 2.89. The molecule has 2 unspecified atom stereocenters. The standard InChI is InChI=1S/C16H26N2O/c1-4-19-16-7-5-15(6-8-16)13(2)18-10-9-14(12-18)11-17-3/h5-8,13-14,17H,4,9-12H2,1-3H3. The maximum Gasteiger partial charge on any atom is 0.119 e. The maximum absolute atomic E-state index is 5.49. The Morgan fingerprint density at radius 2 is 2.11 bits per heavy atom. The molecule has 0 amide bonds. The van der Waals surface area contributed by atoms with Crippen LogP contribution in [0.2, 0.25) is 0 Å². The predicted molar refractivity (Wildman–Crippen MR) is 79.6 cm³/mol. The minimum atomic E-state index is 0.498. The van der Waals surface area contributed by atoms with E-state index in [-0.39, 0.29) is 0 Å². The number of hydrogen-bond acceptors (Lipinski definition) is 3. The van der Waals surface area contributed by atoms with Crippen molar-refractivity contribution in [2.75, 3.05) is 33.3 Å². The van der Waals surface area contributed by atoms with Gasteiger partial charge in [-0.1, -0.05) is 12.1 Å². The molecule has 106 valence electrons. The van der Waals surface area contributed by atoms with Gasteiger partial charge in [-0.15, -0.1) is 0 Å². The van der Waals surface area contributed by atoms with Gasteiger partial charge in [0.05, 0.1) is 6.61 Å². The Morgan fingerprint density at radius 3 is 2.74 bits per heavy atom. The first-order valence-corrected chi connectivity index (χ1v) is 7.36. The highest BCUT2D eigenvalue weighted by Gasteiger charge is 2.26. The molecule has 0 aromatic heterocycles. The van der Waals surface area contributed by atoms with Crippen molar-refractivity contribution in [3.05, 3.63) is 29.8 Å². The molecule has 1 fully saturated rings. The highest BCUT2D eigenvalue weighted by molar-refractivity contribution is 5.29. The molecule has 3 heteroatoms. The van der Waals surface area contributed by atoms with Crippen LogP contribution in [-0.2, 0) is 0 Å². The van der Waals surface area contributed by atoms with E-state index in [2.05, 4.69) is 41.4 Å². The Balaban J connectivity index is 1.94. The smallest absolute Gasteiger partial charge is 0.119 e. The van der Waals surface area contributed by atoms with Crippen LogP contribution in [0, 0.1) is 5.92 Å². The van der Waals surface area contributed by atoms with Crippen molar-refractivity contribution in [3.63, 3.8) is 0 Å². The van der Waals surface area contributed by atoms with Crippen molar-refractivity contribution >= 4 is 0 Å². The highest BCUT2D eigenvalue weighted by atomic mass is 16.5. The predicted octanol–water partition coefficient (Wildman–Crippen LogP) is 2.69. The third-order valence-corrected chi connectivity index (χ3v) is 4.03. The van der Waals surface area contributed by atoms with E-state index < -0.39 is 0 Å². The summed E-state index contributed by atoms with van der Waals surface area (Å²) < 4.78 is 5.49. The second kappa shape index (κ2) is 6.92. The first-order valence-electron chi connectivity index (χ1n) is 7.36. The summed E-state index contributed by atoms with van der Waals surface area (Å²) in [5.41, 5.74) is 1.38. The van der Waals surface area contributed by atoms with Crippen molar-refractivity contribution in [1.29, 1.82) is 0 Å². The molecule has 3 nitrogen and oxygen atoms in total. The Hall–Kier alpha value is -1.06. The van der Waals surface area contributed by atoms with E-state index in [0.717, 1.165) is 24.8 Å². The molecule has 0 spiro atoms. The van der Waals surface area contributed by atoms with Crippen molar-refractivity contribution in [1.82, 2.24) is 10.2 Å². The molecule has 1 aliphatic heterocycles. The fourth-order valence-corrected chi connectivity index (χ4v) is 2.89. The van der Waals surface area contributed by atoms with Crippen LogP contribution in [0.15, 0.2) is 24.3 Å².